The van der Waals surface area contributed by atoms with Crippen LogP contribution in [-0.2, 0) is 14.2 Å². The highest BCUT2D eigenvalue weighted by atomic mass is 16.6. The standard InChI is InChI=1S/C12H19N3O4/c1-3-18-7-9-8(17-2)6-11(19-9)15-5-4-10(13)14-12(15)16/h4-5,8-9,11H,3,6-7H2,1-2H3,(H2,13,14,16). The molecule has 1 aliphatic rings. The number of nitrogens with two attached hydrogens (primary N) is 1. The third-order valence-electron chi connectivity index (χ3n) is 3.13. The summed E-state index contributed by atoms with van der Waals surface area (Å²) in [5.74, 6) is 0.202. The van der Waals surface area contributed by atoms with Crippen molar-refractivity contribution in [2.24, 2.45) is 0 Å². The zero-order chi connectivity index (χ0) is 13.8. The van der Waals surface area contributed by atoms with E-state index in [0.717, 1.165) is 0 Å². The van der Waals surface area contributed by atoms with E-state index in [2.05, 4.69) is 4.98 Å². The predicted molar refractivity (Wildman–Crippen MR) is 68.7 cm³/mol. The lowest BCUT2D eigenvalue weighted by atomic mass is 10.2. The summed E-state index contributed by atoms with van der Waals surface area (Å²) in [6.07, 6.45) is 1.50. The zero-order valence-corrected chi connectivity index (χ0v) is 11.1. The molecule has 0 aliphatic carbocycles. The number of nitrogens with zero attached hydrogens (tertiary/aromatic N) is 2. The van der Waals surface area contributed by atoms with E-state index in [9.17, 15) is 4.79 Å². The van der Waals surface area contributed by atoms with Gasteiger partial charge in [-0.05, 0) is 13.0 Å². The van der Waals surface area contributed by atoms with Crippen LogP contribution in [0.4, 0.5) is 5.82 Å². The Morgan fingerprint density at radius 3 is 3.05 bits per heavy atom. The Labute approximate surface area is 111 Å². The van der Waals surface area contributed by atoms with Crippen LogP contribution < -0.4 is 11.4 Å². The molecule has 19 heavy (non-hydrogen) atoms. The zero-order valence-electron chi connectivity index (χ0n) is 11.1. The van der Waals surface area contributed by atoms with Crippen molar-refractivity contribution in [1.82, 2.24) is 9.55 Å². The van der Waals surface area contributed by atoms with Gasteiger partial charge in [0.15, 0.2) is 0 Å². The topological polar surface area (TPSA) is 88.6 Å². The van der Waals surface area contributed by atoms with Crippen LogP contribution in [0.5, 0.6) is 0 Å². The number of aromatic nitrogens is 2. The van der Waals surface area contributed by atoms with Gasteiger partial charge in [0.2, 0.25) is 0 Å². The summed E-state index contributed by atoms with van der Waals surface area (Å²) in [4.78, 5) is 15.5. The summed E-state index contributed by atoms with van der Waals surface area (Å²) in [5.41, 5.74) is 5.04. The molecule has 3 unspecified atom stereocenters. The van der Waals surface area contributed by atoms with Gasteiger partial charge < -0.3 is 19.9 Å². The Bertz CT molecular complexity index is 476. The van der Waals surface area contributed by atoms with E-state index in [1.165, 1.54) is 4.57 Å². The maximum atomic E-state index is 11.8. The van der Waals surface area contributed by atoms with Crippen molar-refractivity contribution in [2.75, 3.05) is 26.1 Å². The minimum atomic E-state index is -0.420. The van der Waals surface area contributed by atoms with Gasteiger partial charge in [-0.15, -0.1) is 0 Å². The Hall–Kier alpha value is -1.44. The average Bonchev–Trinajstić information content (AvgIpc) is 2.79. The van der Waals surface area contributed by atoms with Gasteiger partial charge in [-0.1, -0.05) is 0 Å². The summed E-state index contributed by atoms with van der Waals surface area (Å²) in [6.45, 7) is 2.98. The molecular formula is C12H19N3O4. The van der Waals surface area contributed by atoms with E-state index in [-0.39, 0.29) is 18.0 Å². The third kappa shape index (κ3) is 3.12. The van der Waals surface area contributed by atoms with Crippen molar-refractivity contribution >= 4 is 5.82 Å². The highest BCUT2D eigenvalue weighted by Crippen LogP contribution is 2.29. The normalized spacial score (nSPS) is 26.7. The van der Waals surface area contributed by atoms with E-state index in [1.54, 1.807) is 19.4 Å². The molecule has 0 spiro atoms. The molecule has 0 aromatic carbocycles. The highest BCUT2D eigenvalue weighted by molar-refractivity contribution is 5.23. The van der Waals surface area contributed by atoms with Gasteiger partial charge in [0.05, 0.1) is 12.7 Å². The second-order valence-electron chi connectivity index (χ2n) is 4.34. The van der Waals surface area contributed by atoms with E-state index in [1.807, 2.05) is 6.92 Å². The molecule has 2 N–H and O–H groups in total. The van der Waals surface area contributed by atoms with E-state index >= 15 is 0 Å². The van der Waals surface area contributed by atoms with Gasteiger partial charge in [0.25, 0.3) is 0 Å². The van der Waals surface area contributed by atoms with Crippen LogP contribution in [-0.4, -0.2) is 42.1 Å². The first-order chi connectivity index (χ1) is 9.15. The number of rotatable bonds is 5. The molecule has 7 heteroatoms. The molecule has 1 aromatic rings. The largest absolute Gasteiger partial charge is 0.383 e. The lowest BCUT2D eigenvalue weighted by Gasteiger charge is -2.16. The van der Waals surface area contributed by atoms with Gasteiger partial charge in [-0.2, -0.15) is 4.98 Å². The second-order valence-corrected chi connectivity index (χ2v) is 4.34. The molecule has 1 aliphatic heterocycles. The van der Waals surface area contributed by atoms with Crippen LogP contribution in [0, 0.1) is 0 Å². The fourth-order valence-electron chi connectivity index (χ4n) is 2.15. The van der Waals surface area contributed by atoms with Gasteiger partial charge >= 0.3 is 5.69 Å². The van der Waals surface area contributed by atoms with Gasteiger partial charge in [0.1, 0.15) is 18.1 Å². The number of anilines is 1. The number of hydrogen-bond donors (Lipinski definition) is 1. The van der Waals surface area contributed by atoms with Gasteiger partial charge in [-0.25, -0.2) is 4.79 Å². The number of ether oxygens (including phenoxy) is 3. The van der Waals surface area contributed by atoms with Crippen molar-refractivity contribution in [2.45, 2.75) is 31.8 Å². The first kappa shape index (κ1) is 14.0. The molecule has 0 bridgehead atoms. The minimum absolute atomic E-state index is 0.0963. The summed E-state index contributed by atoms with van der Waals surface area (Å²) < 4.78 is 18.0. The monoisotopic (exact) mass is 269 g/mol. The average molecular weight is 269 g/mol. The fraction of sp³-hybridized carbons (Fsp3) is 0.667. The molecule has 0 amide bonds. The van der Waals surface area contributed by atoms with Crippen LogP contribution >= 0.6 is 0 Å². The summed E-state index contributed by atoms with van der Waals surface area (Å²) in [6, 6.07) is 1.57. The number of hydrogen-bond acceptors (Lipinski definition) is 6. The minimum Gasteiger partial charge on any atom is -0.383 e. The van der Waals surface area contributed by atoms with E-state index in [4.69, 9.17) is 19.9 Å². The summed E-state index contributed by atoms with van der Waals surface area (Å²) >= 11 is 0. The van der Waals surface area contributed by atoms with Gasteiger partial charge in [-0.3, -0.25) is 4.57 Å². The fourth-order valence-corrected chi connectivity index (χ4v) is 2.15. The Kier molecular flexibility index (Phi) is 4.52. The Morgan fingerprint density at radius 1 is 1.63 bits per heavy atom. The Balaban J connectivity index is 2.12. The molecular weight excluding hydrogens is 250 g/mol. The summed E-state index contributed by atoms with van der Waals surface area (Å²) in [5, 5.41) is 0. The molecule has 2 rings (SSSR count). The lowest BCUT2D eigenvalue weighted by Crippen LogP contribution is -2.29. The molecule has 0 radical (unpaired) electrons. The first-order valence-electron chi connectivity index (χ1n) is 6.26. The number of methoxy groups -OCH3 is 1. The molecule has 2 heterocycles. The van der Waals surface area contributed by atoms with Crippen LogP contribution in [0.3, 0.4) is 0 Å². The first-order valence-corrected chi connectivity index (χ1v) is 6.26. The number of nitrogen functional groups attached to an aromatic ring is 1. The Morgan fingerprint density at radius 2 is 2.42 bits per heavy atom. The third-order valence-corrected chi connectivity index (χ3v) is 3.13. The van der Waals surface area contributed by atoms with E-state index < -0.39 is 11.9 Å². The smallest absolute Gasteiger partial charge is 0.351 e. The van der Waals surface area contributed by atoms with Crippen LogP contribution in [0.25, 0.3) is 0 Å². The van der Waals surface area contributed by atoms with Crippen LogP contribution in [0.15, 0.2) is 17.1 Å². The molecule has 3 atom stereocenters. The van der Waals surface area contributed by atoms with Crippen molar-refractivity contribution in [1.29, 1.82) is 0 Å². The lowest BCUT2D eigenvalue weighted by molar-refractivity contribution is -0.0683. The van der Waals surface area contributed by atoms with Crippen LogP contribution in [0.2, 0.25) is 0 Å². The molecule has 1 fully saturated rings. The highest BCUT2D eigenvalue weighted by Gasteiger charge is 2.36. The molecule has 7 nitrogen and oxygen atoms in total. The van der Waals surface area contributed by atoms with Crippen molar-refractivity contribution in [3.05, 3.63) is 22.7 Å². The molecule has 106 valence electrons. The maximum absolute atomic E-state index is 11.8. The quantitative estimate of drug-likeness (QED) is 0.819. The molecule has 1 aromatic heterocycles. The van der Waals surface area contributed by atoms with Crippen molar-refractivity contribution < 1.29 is 14.2 Å². The van der Waals surface area contributed by atoms with Crippen LogP contribution in [0.1, 0.15) is 19.6 Å². The maximum Gasteiger partial charge on any atom is 0.351 e. The van der Waals surface area contributed by atoms with Crippen molar-refractivity contribution in [3.8, 4) is 0 Å². The van der Waals surface area contributed by atoms with E-state index in [0.29, 0.717) is 19.6 Å². The molecule has 0 saturated carbocycles. The second kappa shape index (κ2) is 6.14. The SMILES string of the molecule is CCOCC1OC(n2ccc(N)nc2=O)CC1OC. The molecule has 1 saturated heterocycles. The van der Waals surface area contributed by atoms with Gasteiger partial charge in [0, 0.05) is 26.3 Å². The summed E-state index contributed by atoms with van der Waals surface area (Å²) in [7, 11) is 1.62. The van der Waals surface area contributed by atoms with Crippen molar-refractivity contribution in [3.63, 3.8) is 0 Å². The predicted octanol–water partition coefficient (Wildman–Crippen LogP) is 0.164.